The molecule has 2 N–H and O–H groups in total. The van der Waals surface area contributed by atoms with Crippen molar-refractivity contribution in [2.75, 3.05) is 13.2 Å². The molecule has 16 heavy (non-hydrogen) atoms. The zero-order valence-corrected chi connectivity index (χ0v) is 8.80. The van der Waals surface area contributed by atoms with Gasteiger partial charge in [-0.25, -0.2) is 0 Å². The molecule has 0 bridgehead atoms. The van der Waals surface area contributed by atoms with Crippen molar-refractivity contribution in [1.82, 2.24) is 0 Å². The van der Waals surface area contributed by atoms with Crippen LogP contribution in [0, 0.1) is 5.92 Å². The number of carboxylic acids is 1. The van der Waals surface area contributed by atoms with Crippen LogP contribution in [-0.2, 0) is 4.79 Å². The van der Waals surface area contributed by atoms with E-state index in [4.69, 9.17) is 14.9 Å². The number of aliphatic hydroxyl groups excluding tert-OH is 1. The molecule has 1 aromatic rings. The third kappa shape index (κ3) is 2.33. The Kier molecular flexibility index (Phi) is 3.10. The predicted molar refractivity (Wildman–Crippen MR) is 57.5 cm³/mol. The minimum Gasteiger partial charge on any atom is -0.491 e. The van der Waals surface area contributed by atoms with Gasteiger partial charge in [-0.05, 0) is 30.0 Å². The number of carboxylic acid groups (broad SMARTS) is 1. The maximum atomic E-state index is 10.7. The summed E-state index contributed by atoms with van der Waals surface area (Å²) in [7, 11) is 0. The van der Waals surface area contributed by atoms with Crippen molar-refractivity contribution in [3.8, 4) is 5.75 Å². The molecule has 1 aliphatic rings. The first-order valence-electron chi connectivity index (χ1n) is 5.29. The molecule has 1 fully saturated rings. The third-order valence-corrected chi connectivity index (χ3v) is 2.78. The van der Waals surface area contributed by atoms with Crippen LogP contribution in [0.5, 0.6) is 5.75 Å². The summed E-state index contributed by atoms with van der Waals surface area (Å²) in [4.78, 5) is 10.7. The summed E-state index contributed by atoms with van der Waals surface area (Å²) in [6, 6.07) is 7.39. The molecule has 0 heterocycles. The monoisotopic (exact) mass is 222 g/mol. The van der Waals surface area contributed by atoms with Crippen molar-refractivity contribution in [2.24, 2.45) is 5.92 Å². The number of hydrogen-bond acceptors (Lipinski definition) is 3. The van der Waals surface area contributed by atoms with Gasteiger partial charge in [0.15, 0.2) is 0 Å². The fraction of sp³-hybridized carbons (Fsp3) is 0.417. The second-order valence-electron chi connectivity index (χ2n) is 3.93. The molecule has 0 aromatic heterocycles. The summed E-state index contributed by atoms with van der Waals surface area (Å²) in [5.74, 6) is -0.0791. The minimum atomic E-state index is -0.717. The van der Waals surface area contributed by atoms with Crippen molar-refractivity contribution < 1.29 is 19.7 Å². The zero-order valence-electron chi connectivity index (χ0n) is 8.80. The van der Waals surface area contributed by atoms with Crippen LogP contribution in [-0.4, -0.2) is 29.4 Å². The lowest BCUT2D eigenvalue weighted by molar-refractivity contribution is -0.138. The molecule has 1 saturated carbocycles. The molecule has 2 unspecified atom stereocenters. The number of aliphatic carboxylic acids is 1. The van der Waals surface area contributed by atoms with E-state index in [0.717, 1.165) is 12.0 Å². The van der Waals surface area contributed by atoms with Crippen LogP contribution < -0.4 is 4.74 Å². The van der Waals surface area contributed by atoms with Gasteiger partial charge in [0.05, 0.1) is 12.5 Å². The first kappa shape index (κ1) is 11.0. The van der Waals surface area contributed by atoms with Crippen molar-refractivity contribution in [2.45, 2.75) is 12.3 Å². The first-order chi connectivity index (χ1) is 7.72. The molecule has 0 amide bonds. The van der Waals surface area contributed by atoms with E-state index < -0.39 is 5.97 Å². The standard InChI is InChI=1S/C12H14O4/c13-5-6-16-9-3-1-8(2-4-9)10-7-11(10)12(14)15/h1-4,10-11,13H,5-7H2,(H,14,15). The number of benzene rings is 1. The summed E-state index contributed by atoms with van der Waals surface area (Å²) in [5, 5.41) is 17.4. The van der Waals surface area contributed by atoms with Crippen LogP contribution >= 0.6 is 0 Å². The Morgan fingerprint density at radius 1 is 1.38 bits per heavy atom. The number of hydrogen-bond donors (Lipinski definition) is 2. The highest BCUT2D eigenvalue weighted by molar-refractivity contribution is 5.75. The fourth-order valence-electron chi connectivity index (χ4n) is 1.81. The summed E-state index contributed by atoms with van der Waals surface area (Å²) in [6.45, 7) is 0.270. The average Bonchev–Trinajstić information content (AvgIpc) is 3.07. The van der Waals surface area contributed by atoms with Gasteiger partial charge in [0.2, 0.25) is 0 Å². The van der Waals surface area contributed by atoms with Crippen LogP contribution in [0.3, 0.4) is 0 Å². The molecule has 86 valence electrons. The van der Waals surface area contributed by atoms with E-state index in [9.17, 15) is 4.79 Å². The van der Waals surface area contributed by atoms with E-state index in [1.165, 1.54) is 0 Å². The number of ether oxygens (including phenoxy) is 1. The molecule has 0 radical (unpaired) electrons. The Balaban J connectivity index is 1.95. The Hall–Kier alpha value is -1.55. The molecular formula is C12H14O4. The van der Waals surface area contributed by atoms with E-state index >= 15 is 0 Å². The van der Waals surface area contributed by atoms with Crippen LogP contribution in [0.25, 0.3) is 0 Å². The molecule has 2 atom stereocenters. The van der Waals surface area contributed by atoms with Gasteiger partial charge in [-0.1, -0.05) is 12.1 Å². The summed E-state index contributed by atoms with van der Waals surface area (Å²) in [6.07, 6.45) is 0.728. The lowest BCUT2D eigenvalue weighted by atomic mass is 10.1. The molecule has 0 aliphatic heterocycles. The lowest BCUT2D eigenvalue weighted by Crippen LogP contribution is -2.01. The summed E-state index contributed by atoms with van der Waals surface area (Å²) >= 11 is 0. The molecule has 4 nitrogen and oxygen atoms in total. The number of rotatable bonds is 5. The summed E-state index contributed by atoms with van der Waals surface area (Å²) < 4.78 is 5.22. The average molecular weight is 222 g/mol. The van der Waals surface area contributed by atoms with Crippen LogP contribution in [0.4, 0.5) is 0 Å². The molecule has 1 aliphatic carbocycles. The van der Waals surface area contributed by atoms with Gasteiger partial charge >= 0.3 is 5.97 Å². The van der Waals surface area contributed by atoms with Gasteiger partial charge in [-0.15, -0.1) is 0 Å². The molecular weight excluding hydrogens is 208 g/mol. The fourth-order valence-corrected chi connectivity index (χ4v) is 1.81. The Morgan fingerprint density at radius 3 is 2.56 bits per heavy atom. The topological polar surface area (TPSA) is 66.8 Å². The highest BCUT2D eigenvalue weighted by Gasteiger charge is 2.43. The quantitative estimate of drug-likeness (QED) is 0.786. The Bertz CT molecular complexity index is 371. The zero-order chi connectivity index (χ0) is 11.5. The normalized spacial score (nSPS) is 22.8. The SMILES string of the molecule is O=C(O)C1CC1c1ccc(OCCO)cc1. The highest BCUT2D eigenvalue weighted by Crippen LogP contribution is 2.47. The Labute approximate surface area is 93.5 Å². The van der Waals surface area contributed by atoms with Gasteiger partial charge < -0.3 is 14.9 Å². The maximum absolute atomic E-state index is 10.7. The van der Waals surface area contributed by atoms with Gasteiger partial charge in [-0.3, -0.25) is 4.79 Å². The molecule has 0 spiro atoms. The van der Waals surface area contributed by atoms with Gasteiger partial charge in [0.25, 0.3) is 0 Å². The van der Waals surface area contributed by atoms with Crippen molar-refractivity contribution in [3.63, 3.8) is 0 Å². The van der Waals surface area contributed by atoms with Crippen molar-refractivity contribution in [3.05, 3.63) is 29.8 Å². The highest BCUT2D eigenvalue weighted by atomic mass is 16.5. The molecule has 2 rings (SSSR count). The second-order valence-corrected chi connectivity index (χ2v) is 3.93. The van der Waals surface area contributed by atoms with Crippen LogP contribution in [0.15, 0.2) is 24.3 Å². The van der Waals surface area contributed by atoms with E-state index in [2.05, 4.69) is 0 Å². The van der Waals surface area contributed by atoms with Crippen LogP contribution in [0.1, 0.15) is 17.9 Å². The number of carbonyl (C=O) groups is 1. The summed E-state index contributed by atoms with van der Waals surface area (Å²) in [5.41, 5.74) is 1.05. The minimum absolute atomic E-state index is 0.00847. The van der Waals surface area contributed by atoms with E-state index in [1.54, 1.807) is 0 Å². The molecule has 1 aromatic carbocycles. The molecule has 4 heteroatoms. The lowest BCUT2D eigenvalue weighted by Gasteiger charge is -2.05. The molecule has 0 saturated heterocycles. The van der Waals surface area contributed by atoms with Crippen molar-refractivity contribution >= 4 is 5.97 Å². The first-order valence-corrected chi connectivity index (χ1v) is 5.29. The van der Waals surface area contributed by atoms with Crippen molar-refractivity contribution in [1.29, 1.82) is 0 Å². The largest absolute Gasteiger partial charge is 0.491 e. The predicted octanol–water partition coefficient (Wildman–Crippen LogP) is 1.25. The van der Waals surface area contributed by atoms with E-state index in [-0.39, 0.29) is 25.0 Å². The van der Waals surface area contributed by atoms with E-state index in [1.807, 2.05) is 24.3 Å². The van der Waals surface area contributed by atoms with Gasteiger partial charge in [0, 0.05) is 0 Å². The van der Waals surface area contributed by atoms with Crippen LogP contribution in [0.2, 0.25) is 0 Å². The third-order valence-electron chi connectivity index (χ3n) is 2.78. The van der Waals surface area contributed by atoms with Gasteiger partial charge in [-0.2, -0.15) is 0 Å². The number of aliphatic hydroxyl groups is 1. The van der Waals surface area contributed by atoms with Gasteiger partial charge in [0.1, 0.15) is 12.4 Å². The smallest absolute Gasteiger partial charge is 0.307 e. The second kappa shape index (κ2) is 4.53. The maximum Gasteiger partial charge on any atom is 0.307 e. The Morgan fingerprint density at radius 2 is 2.06 bits per heavy atom. The van der Waals surface area contributed by atoms with E-state index in [0.29, 0.717) is 5.75 Å².